The van der Waals surface area contributed by atoms with Gasteiger partial charge in [-0.3, -0.25) is 0 Å². The number of carboxylic acids is 1. The third kappa shape index (κ3) is 3.91. The van der Waals surface area contributed by atoms with Crippen molar-refractivity contribution >= 4 is 5.97 Å². The highest BCUT2D eigenvalue weighted by atomic mass is 16.5. The lowest BCUT2D eigenvalue weighted by molar-refractivity contribution is 0.0692. The van der Waals surface area contributed by atoms with E-state index in [1.165, 1.54) is 6.07 Å². The second-order valence-corrected chi connectivity index (χ2v) is 4.99. The first-order valence-corrected chi connectivity index (χ1v) is 6.88. The Morgan fingerprint density at radius 3 is 2.45 bits per heavy atom. The van der Waals surface area contributed by atoms with Crippen molar-refractivity contribution in [2.75, 3.05) is 6.61 Å². The molecule has 0 heterocycles. The third-order valence-corrected chi connectivity index (χ3v) is 3.07. The molecule has 116 valence electrons. The summed E-state index contributed by atoms with van der Waals surface area (Å²) in [6, 6.07) is 12.3. The van der Waals surface area contributed by atoms with Gasteiger partial charge in [-0.25, -0.2) is 4.79 Å². The number of ether oxygens (including phenoxy) is 2. The topological polar surface area (TPSA) is 76.0 Å². The van der Waals surface area contributed by atoms with Crippen LogP contribution < -0.4 is 9.47 Å². The lowest BCUT2D eigenvalue weighted by atomic mass is 10.1. The highest BCUT2D eigenvalue weighted by Gasteiger charge is 2.16. The van der Waals surface area contributed by atoms with Crippen molar-refractivity contribution in [3.8, 4) is 17.2 Å². The molecule has 0 aliphatic rings. The first-order valence-electron chi connectivity index (χ1n) is 6.88. The van der Waals surface area contributed by atoms with Gasteiger partial charge in [0.05, 0.1) is 0 Å². The van der Waals surface area contributed by atoms with Crippen molar-refractivity contribution in [2.45, 2.75) is 20.0 Å². The summed E-state index contributed by atoms with van der Waals surface area (Å²) in [5.41, 5.74) is 0.333. The Bertz CT molecular complexity index is 628. The first-order chi connectivity index (χ1) is 10.5. The van der Waals surface area contributed by atoms with Gasteiger partial charge < -0.3 is 19.7 Å². The summed E-state index contributed by atoms with van der Waals surface area (Å²) in [5, 5.41) is 18.8. The minimum atomic E-state index is -1.16. The van der Waals surface area contributed by atoms with Crippen LogP contribution in [0.3, 0.4) is 0 Å². The standard InChI is InChI=1S/C17H18O5/c1-11-8-14(9-15(18)16(11)17(19)20)22-12(2)10-21-13-6-4-3-5-7-13/h3-9,12,18H,10H2,1-2H3,(H,19,20). The van der Waals surface area contributed by atoms with Crippen molar-refractivity contribution in [2.24, 2.45) is 0 Å². The number of hydrogen-bond donors (Lipinski definition) is 2. The molecular formula is C17H18O5. The molecule has 0 radical (unpaired) electrons. The van der Waals surface area contributed by atoms with Gasteiger partial charge in [-0.1, -0.05) is 18.2 Å². The molecule has 2 aromatic rings. The van der Waals surface area contributed by atoms with E-state index in [4.69, 9.17) is 14.6 Å². The van der Waals surface area contributed by atoms with Crippen molar-refractivity contribution in [1.82, 2.24) is 0 Å². The maximum atomic E-state index is 11.0. The van der Waals surface area contributed by atoms with E-state index in [9.17, 15) is 9.90 Å². The molecule has 0 fully saturated rings. The summed E-state index contributed by atoms with van der Waals surface area (Å²) in [5.74, 6) is -0.317. The van der Waals surface area contributed by atoms with Gasteiger partial charge in [0.2, 0.25) is 0 Å². The third-order valence-electron chi connectivity index (χ3n) is 3.07. The van der Waals surface area contributed by atoms with E-state index in [0.717, 1.165) is 5.75 Å². The molecule has 0 aromatic heterocycles. The summed E-state index contributed by atoms with van der Waals surface area (Å²) in [4.78, 5) is 11.0. The SMILES string of the molecule is Cc1cc(OC(C)COc2ccccc2)cc(O)c1C(=O)O. The van der Waals surface area contributed by atoms with Crippen molar-refractivity contribution in [3.05, 3.63) is 53.6 Å². The van der Waals surface area contributed by atoms with Gasteiger partial charge in [0.1, 0.15) is 35.5 Å². The molecule has 22 heavy (non-hydrogen) atoms. The molecule has 1 atom stereocenters. The van der Waals surface area contributed by atoms with Gasteiger partial charge in [0, 0.05) is 6.07 Å². The van der Waals surface area contributed by atoms with Crippen LogP contribution >= 0.6 is 0 Å². The number of benzene rings is 2. The van der Waals surface area contributed by atoms with Crippen LogP contribution in [0.1, 0.15) is 22.8 Å². The Labute approximate surface area is 128 Å². The van der Waals surface area contributed by atoms with Crippen LogP contribution in [-0.2, 0) is 0 Å². The minimum absolute atomic E-state index is 0.111. The minimum Gasteiger partial charge on any atom is -0.507 e. The molecule has 2 aromatic carbocycles. The Balaban J connectivity index is 2.00. The number of hydrogen-bond acceptors (Lipinski definition) is 4. The van der Waals surface area contributed by atoms with Crippen LogP contribution in [0, 0.1) is 6.92 Å². The fourth-order valence-corrected chi connectivity index (χ4v) is 2.08. The Kier molecular flexibility index (Phi) is 4.88. The van der Waals surface area contributed by atoms with Crippen LogP contribution in [0.25, 0.3) is 0 Å². The zero-order valence-corrected chi connectivity index (χ0v) is 12.4. The zero-order valence-electron chi connectivity index (χ0n) is 12.4. The van der Waals surface area contributed by atoms with E-state index in [2.05, 4.69) is 0 Å². The van der Waals surface area contributed by atoms with Gasteiger partial charge in [0.15, 0.2) is 0 Å². The number of para-hydroxylation sites is 1. The largest absolute Gasteiger partial charge is 0.507 e. The number of phenols is 1. The van der Waals surface area contributed by atoms with E-state index < -0.39 is 5.97 Å². The lowest BCUT2D eigenvalue weighted by Crippen LogP contribution is -2.21. The van der Waals surface area contributed by atoms with E-state index >= 15 is 0 Å². The monoisotopic (exact) mass is 302 g/mol. The maximum Gasteiger partial charge on any atom is 0.339 e. The number of aromatic hydroxyl groups is 1. The molecule has 0 saturated carbocycles. The number of carboxylic acid groups (broad SMARTS) is 1. The molecule has 5 heteroatoms. The number of aromatic carboxylic acids is 1. The summed E-state index contributed by atoms with van der Waals surface area (Å²) in [6.07, 6.45) is -0.255. The molecule has 0 bridgehead atoms. The van der Waals surface area contributed by atoms with Gasteiger partial charge in [-0.15, -0.1) is 0 Å². The van der Waals surface area contributed by atoms with Crippen LogP contribution in [0.2, 0.25) is 0 Å². The fourth-order valence-electron chi connectivity index (χ4n) is 2.08. The number of rotatable bonds is 6. The normalized spacial score (nSPS) is 11.7. The van der Waals surface area contributed by atoms with E-state index in [0.29, 0.717) is 17.9 Å². The fraction of sp³-hybridized carbons (Fsp3) is 0.235. The van der Waals surface area contributed by atoms with E-state index in [1.807, 2.05) is 37.3 Å². The van der Waals surface area contributed by atoms with E-state index in [-0.39, 0.29) is 17.4 Å². The first kappa shape index (κ1) is 15.7. The molecule has 0 spiro atoms. The molecule has 0 aliphatic carbocycles. The van der Waals surface area contributed by atoms with Crippen molar-refractivity contribution in [1.29, 1.82) is 0 Å². The Hall–Kier alpha value is -2.69. The van der Waals surface area contributed by atoms with Crippen LogP contribution in [-0.4, -0.2) is 28.9 Å². The smallest absolute Gasteiger partial charge is 0.339 e. The Morgan fingerprint density at radius 2 is 1.86 bits per heavy atom. The second-order valence-electron chi connectivity index (χ2n) is 4.99. The van der Waals surface area contributed by atoms with Gasteiger partial charge in [-0.2, -0.15) is 0 Å². The van der Waals surface area contributed by atoms with Gasteiger partial charge in [0.25, 0.3) is 0 Å². The van der Waals surface area contributed by atoms with Crippen LogP contribution in [0.5, 0.6) is 17.2 Å². The predicted octanol–water partition coefficient (Wildman–Crippen LogP) is 3.25. The molecule has 1 unspecified atom stereocenters. The average Bonchev–Trinajstić information content (AvgIpc) is 2.45. The highest BCUT2D eigenvalue weighted by Crippen LogP contribution is 2.28. The average molecular weight is 302 g/mol. The zero-order chi connectivity index (χ0) is 16.1. The molecule has 0 amide bonds. The number of aryl methyl sites for hydroxylation is 1. The molecule has 2 rings (SSSR count). The van der Waals surface area contributed by atoms with Crippen LogP contribution in [0.4, 0.5) is 0 Å². The summed E-state index contributed by atoms with van der Waals surface area (Å²) in [7, 11) is 0. The highest BCUT2D eigenvalue weighted by molar-refractivity contribution is 5.92. The molecule has 2 N–H and O–H groups in total. The summed E-state index contributed by atoms with van der Waals surface area (Å²) in [6.45, 7) is 3.78. The number of carbonyl (C=O) groups is 1. The molecular weight excluding hydrogens is 284 g/mol. The summed E-state index contributed by atoms with van der Waals surface area (Å²) < 4.78 is 11.2. The van der Waals surface area contributed by atoms with Crippen molar-refractivity contribution in [3.63, 3.8) is 0 Å². The Morgan fingerprint density at radius 1 is 1.18 bits per heavy atom. The molecule has 0 saturated heterocycles. The summed E-state index contributed by atoms with van der Waals surface area (Å²) >= 11 is 0. The van der Waals surface area contributed by atoms with Crippen LogP contribution in [0.15, 0.2) is 42.5 Å². The van der Waals surface area contributed by atoms with E-state index in [1.54, 1.807) is 13.0 Å². The van der Waals surface area contributed by atoms with Gasteiger partial charge >= 0.3 is 5.97 Å². The molecule has 0 aliphatic heterocycles. The van der Waals surface area contributed by atoms with Crippen molar-refractivity contribution < 1.29 is 24.5 Å². The lowest BCUT2D eigenvalue weighted by Gasteiger charge is -2.17. The van der Waals surface area contributed by atoms with Gasteiger partial charge in [-0.05, 0) is 37.6 Å². The predicted molar refractivity (Wildman–Crippen MR) is 81.8 cm³/mol. The maximum absolute atomic E-state index is 11.0. The molecule has 5 nitrogen and oxygen atoms in total. The quantitative estimate of drug-likeness (QED) is 0.856. The second kappa shape index (κ2) is 6.85.